The number of benzene rings is 1. The Morgan fingerprint density at radius 3 is 2.92 bits per heavy atom. The first-order valence-electron chi connectivity index (χ1n) is 13.6. The molecule has 10 nitrogen and oxygen atoms in total. The second-order valence-electron chi connectivity index (χ2n) is 8.43. The van der Waals surface area contributed by atoms with Gasteiger partial charge in [0.25, 0.3) is 5.91 Å². The lowest BCUT2D eigenvalue weighted by molar-refractivity contribution is 0.0380. The Bertz CT molecular complexity index is 1620. The monoisotopic (exact) mass is 495 g/mol. The first-order chi connectivity index (χ1) is 19.3. The number of methoxy groups -OCH3 is 1. The molecule has 4 aromatic rings. The van der Waals surface area contributed by atoms with Crippen molar-refractivity contribution < 1.29 is 20.8 Å². The molecule has 11 heteroatoms. The summed E-state index contributed by atoms with van der Waals surface area (Å²) in [6, 6.07) is 5.05. The van der Waals surface area contributed by atoms with Crippen molar-refractivity contribution in [2.24, 2.45) is 6.98 Å². The number of aromatic nitrogens is 6. The standard InChI is InChI=1S/C25H27FN8O2/c1-15-5-6-17(9-19(15)26)11-34-18(14-36-4)12-33-13-20(29-23(33)24(34)35)22-16(2)10-27-25(31-22)30-21-7-8-28-32(21)3/h5-10,13,18H,11-12,14H2,1-4H3,(H,27,30,31)/t18-/m0/s1/i3D3,14D2. The molecule has 4 heterocycles. The molecule has 1 aliphatic rings. The molecule has 0 unspecified atom stereocenters. The van der Waals surface area contributed by atoms with Crippen LogP contribution in [0.1, 0.15) is 34.2 Å². The number of amides is 1. The number of halogens is 1. The first kappa shape index (κ1) is 18.2. The molecule has 36 heavy (non-hydrogen) atoms. The van der Waals surface area contributed by atoms with E-state index >= 15 is 0 Å². The predicted octanol–water partition coefficient (Wildman–Crippen LogP) is 3.24. The van der Waals surface area contributed by atoms with Crippen LogP contribution in [0.25, 0.3) is 11.4 Å². The van der Waals surface area contributed by atoms with Gasteiger partial charge in [0.2, 0.25) is 5.95 Å². The number of nitrogens with zero attached hydrogens (tertiary/aromatic N) is 7. The summed E-state index contributed by atoms with van der Waals surface area (Å²) in [5.74, 6) is -0.671. The number of carbonyl (C=O) groups excluding carboxylic acids is 1. The number of imidazole rings is 1. The van der Waals surface area contributed by atoms with E-state index in [-0.39, 0.29) is 30.7 Å². The molecule has 0 saturated heterocycles. The quantitative estimate of drug-likeness (QED) is 0.420. The molecule has 0 fully saturated rings. The Balaban J connectivity index is 1.50. The zero-order chi connectivity index (χ0) is 29.7. The molecule has 1 N–H and O–H groups in total. The van der Waals surface area contributed by atoms with Crippen LogP contribution in [-0.2, 0) is 24.8 Å². The molecular weight excluding hydrogens is 463 g/mol. The minimum Gasteiger partial charge on any atom is -0.382 e. The number of nitrogens with one attached hydrogen (secondary N) is 1. The summed E-state index contributed by atoms with van der Waals surface area (Å²) in [5, 5.41) is 6.69. The fourth-order valence-corrected chi connectivity index (χ4v) is 4.02. The number of aryl methyl sites for hydroxylation is 3. The molecule has 0 bridgehead atoms. The number of carbonyl (C=O) groups is 1. The Hall–Kier alpha value is -4.12. The molecule has 0 radical (unpaired) electrons. The minimum absolute atomic E-state index is 0.0241. The number of fused-ring (bicyclic) bond motifs is 1. The number of hydrogen-bond donors (Lipinski definition) is 1. The highest BCUT2D eigenvalue weighted by molar-refractivity contribution is 5.92. The molecule has 1 atom stereocenters. The second kappa shape index (κ2) is 9.50. The Morgan fingerprint density at radius 2 is 2.14 bits per heavy atom. The van der Waals surface area contributed by atoms with Crippen LogP contribution in [0.5, 0.6) is 0 Å². The van der Waals surface area contributed by atoms with Crippen LogP contribution in [0.15, 0.2) is 42.9 Å². The fraction of sp³-hybridized carbons (Fsp3) is 0.320. The van der Waals surface area contributed by atoms with Gasteiger partial charge >= 0.3 is 0 Å². The fourth-order valence-electron chi connectivity index (χ4n) is 4.02. The molecule has 0 saturated carbocycles. The van der Waals surface area contributed by atoms with E-state index in [0.29, 0.717) is 28.1 Å². The van der Waals surface area contributed by atoms with Crippen molar-refractivity contribution in [1.82, 2.24) is 34.2 Å². The summed E-state index contributed by atoms with van der Waals surface area (Å²) in [6.07, 6.45) is 4.47. The molecule has 1 amide bonds. The largest absolute Gasteiger partial charge is 0.382 e. The van der Waals surface area contributed by atoms with E-state index in [4.69, 9.17) is 11.6 Å². The van der Waals surface area contributed by atoms with Crippen LogP contribution in [0.2, 0.25) is 0 Å². The van der Waals surface area contributed by atoms with E-state index < -0.39 is 31.3 Å². The SMILES string of the molecule is [2H]C([2H])(OC)[C@@H]1Cn2cc(-c3nc(Nc4ccnn4C([2H])([2H])[2H])ncc3C)nc2C(=O)N1Cc1ccc(C)c(F)c1. The van der Waals surface area contributed by atoms with Crippen molar-refractivity contribution in [2.45, 2.75) is 33.0 Å². The van der Waals surface area contributed by atoms with Gasteiger partial charge in [-0.05, 0) is 36.6 Å². The average Bonchev–Trinajstić information content (AvgIpc) is 3.56. The molecule has 1 aliphatic heterocycles. The Labute approximate surface area is 214 Å². The minimum atomic E-state index is -2.51. The third kappa shape index (κ3) is 4.44. The summed E-state index contributed by atoms with van der Waals surface area (Å²) in [7, 11) is 1.22. The van der Waals surface area contributed by atoms with Crippen LogP contribution in [0, 0.1) is 19.7 Å². The first-order valence-corrected chi connectivity index (χ1v) is 11.1. The van der Waals surface area contributed by atoms with Gasteiger partial charge in [0, 0.05) is 49.7 Å². The highest BCUT2D eigenvalue weighted by Gasteiger charge is 2.35. The maximum Gasteiger partial charge on any atom is 0.290 e. The highest BCUT2D eigenvalue weighted by Crippen LogP contribution is 2.27. The molecule has 186 valence electrons. The zero-order valence-electron chi connectivity index (χ0n) is 24.9. The smallest absolute Gasteiger partial charge is 0.290 e. The van der Waals surface area contributed by atoms with E-state index in [1.165, 1.54) is 36.5 Å². The molecule has 0 spiro atoms. The van der Waals surface area contributed by atoms with Gasteiger partial charge in [-0.1, -0.05) is 12.1 Å². The number of anilines is 2. The Kier molecular flexibility index (Phi) is 4.80. The molecular formula is C25H27FN8O2. The van der Waals surface area contributed by atoms with Crippen LogP contribution in [0.4, 0.5) is 16.2 Å². The summed E-state index contributed by atoms with van der Waals surface area (Å²) < 4.78 is 61.5. The molecule has 1 aromatic carbocycles. The van der Waals surface area contributed by atoms with E-state index in [0.717, 1.165) is 4.68 Å². The van der Waals surface area contributed by atoms with Gasteiger partial charge in [0.15, 0.2) is 5.82 Å². The summed E-state index contributed by atoms with van der Waals surface area (Å²) in [6.45, 7) is -1.36. The van der Waals surface area contributed by atoms with Crippen molar-refractivity contribution in [3.63, 3.8) is 0 Å². The zero-order valence-corrected chi connectivity index (χ0v) is 19.9. The number of hydrogen-bond acceptors (Lipinski definition) is 7. The van der Waals surface area contributed by atoms with Crippen molar-refractivity contribution in [3.05, 3.63) is 71.2 Å². The van der Waals surface area contributed by atoms with Crippen LogP contribution >= 0.6 is 0 Å². The normalized spacial score (nSPS) is 18.1. The van der Waals surface area contributed by atoms with Crippen LogP contribution in [0.3, 0.4) is 0 Å². The highest BCUT2D eigenvalue weighted by atomic mass is 19.1. The van der Waals surface area contributed by atoms with Gasteiger partial charge < -0.3 is 19.5 Å². The third-order valence-corrected chi connectivity index (χ3v) is 5.91. The van der Waals surface area contributed by atoms with Crippen LogP contribution < -0.4 is 5.32 Å². The van der Waals surface area contributed by atoms with Crippen LogP contribution in [-0.4, -0.2) is 59.8 Å². The van der Waals surface area contributed by atoms with Gasteiger partial charge in [-0.15, -0.1) is 0 Å². The van der Waals surface area contributed by atoms with Crippen molar-refractivity contribution in [2.75, 3.05) is 19.0 Å². The van der Waals surface area contributed by atoms with Gasteiger partial charge in [-0.25, -0.2) is 19.3 Å². The van der Waals surface area contributed by atoms with Gasteiger partial charge in [-0.2, -0.15) is 5.10 Å². The average molecular weight is 496 g/mol. The lowest BCUT2D eigenvalue weighted by Gasteiger charge is -2.35. The maximum atomic E-state index is 14.3. The lowest BCUT2D eigenvalue weighted by Crippen LogP contribution is -2.49. The maximum absolute atomic E-state index is 14.3. The Morgan fingerprint density at radius 1 is 1.28 bits per heavy atom. The summed E-state index contributed by atoms with van der Waals surface area (Å²) in [4.78, 5) is 28.3. The second-order valence-corrected chi connectivity index (χ2v) is 8.43. The van der Waals surface area contributed by atoms with Gasteiger partial charge in [0.05, 0.1) is 27.2 Å². The van der Waals surface area contributed by atoms with Crippen molar-refractivity contribution in [1.29, 1.82) is 0 Å². The molecule has 0 aliphatic carbocycles. The lowest BCUT2D eigenvalue weighted by atomic mass is 10.1. The summed E-state index contributed by atoms with van der Waals surface area (Å²) in [5.41, 5.74) is 2.31. The topological polar surface area (TPSA) is 103 Å². The molecule has 5 rings (SSSR count). The molecule has 3 aromatic heterocycles. The van der Waals surface area contributed by atoms with E-state index in [2.05, 4.69) is 25.4 Å². The van der Waals surface area contributed by atoms with Crippen molar-refractivity contribution in [3.8, 4) is 11.4 Å². The van der Waals surface area contributed by atoms with Gasteiger partial charge in [0.1, 0.15) is 17.3 Å². The summed E-state index contributed by atoms with van der Waals surface area (Å²) >= 11 is 0. The van der Waals surface area contributed by atoms with E-state index in [1.807, 2.05) is 0 Å². The van der Waals surface area contributed by atoms with Crippen molar-refractivity contribution >= 4 is 17.7 Å². The predicted molar refractivity (Wildman–Crippen MR) is 131 cm³/mol. The van der Waals surface area contributed by atoms with E-state index in [9.17, 15) is 9.18 Å². The van der Waals surface area contributed by atoms with Gasteiger partial charge in [-0.3, -0.25) is 9.48 Å². The third-order valence-electron chi connectivity index (χ3n) is 5.91. The van der Waals surface area contributed by atoms with E-state index in [1.54, 1.807) is 36.7 Å². The number of rotatable bonds is 7. The number of ether oxygens (including phenoxy) is 1.